The molecule has 2 aliphatic rings. The van der Waals surface area contributed by atoms with Crippen LogP contribution in [0, 0.1) is 23.5 Å². The number of rotatable bonds is 6. The van der Waals surface area contributed by atoms with E-state index >= 15 is 0 Å². The number of nitrogens with two attached hydrogens (primary N) is 1. The molecule has 0 heterocycles. The maximum Gasteiger partial charge on any atom is 0.342 e. The number of benzene rings is 2. The molecule has 2 fully saturated rings. The molecule has 9 heteroatoms. The highest BCUT2D eigenvalue weighted by atomic mass is 19.1. The SMILES string of the molecule is N[C@@]1(C(=O)O)C(OC(c2ccc(F)cc2)c2ccc(F)cc2)CC2C1[C@@]2(F)C(=O)O. The third kappa shape index (κ3) is 2.88. The molecule has 30 heavy (non-hydrogen) atoms. The summed E-state index contributed by atoms with van der Waals surface area (Å²) in [5, 5.41) is 18.9. The first-order valence-corrected chi connectivity index (χ1v) is 9.21. The third-order valence-corrected chi connectivity index (χ3v) is 6.14. The van der Waals surface area contributed by atoms with Crippen LogP contribution in [0.25, 0.3) is 0 Å². The Balaban J connectivity index is 1.70. The zero-order valence-corrected chi connectivity index (χ0v) is 15.5. The van der Waals surface area contributed by atoms with Crippen LogP contribution in [0.1, 0.15) is 23.7 Å². The van der Waals surface area contributed by atoms with E-state index in [0.29, 0.717) is 11.1 Å². The molecule has 4 N–H and O–H groups in total. The Labute approximate surface area is 169 Å². The maximum absolute atomic E-state index is 14.8. The van der Waals surface area contributed by atoms with Crippen LogP contribution < -0.4 is 5.73 Å². The van der Waals surface area contributed by atoms with Crippen molar-refractivity contribution in [3.8, 4) is 0 Å². The van der Waals surface area contributed by atoms with E-state index in [1.54, 1.807) is 0 Å². The van der Waals surface area contributed by atoms with E-state index < -0.39 is 58.8 Å². The third-order valence-electron chi connectivity index (χ3n) is 6.14. The molecule has 0 amide bonds. The molecule has 0 radical (unpaired) electrons. The average Bonchev–Trinajstić information content (AvgIpc) is 3.18. The number of hydrogen-bond acceptors (Lipinski definition) is 4. The summed E-state index contributed by atoms with van der Waals surface area (Å²) in [6.07, 6.45) is -2.38. The summed E-state index contributed by atoms with van der Waals surface area (Å²) >= 11 is 0. The van der Waals surface area contributed by atoms with Gasteiger partial charge in [-0.2, -0.15) is 0 Å². The lowest BCUT2D eigenvalue weighted by Crippen LogP contribution is -2.60. The van der Waals surface area contributed by atoms with Gasteiger partial charge in [0.2, 0.25) is 5.67 Å². The molecular formula is C21H18F3NO5. The molecule has 2 aliphatic carbocycles. The highest BCUT2D eigenvalue weighted by Crippen LogP contribution is 2.67. The van der Waals surface area contributed by atoms with E-state index in [-0.39, 0.29) is 6.42 Å². The fourth-order valence-corrected chi connectivity index (χ4v) is 4.56. The molecule has 2 aromatic rings. The molecule has 2 saturated carbocycles. The lowest BCUT2D eigenvalue weighted by Gasteiger charge is -2.34. The number of ether oxygens (including phenoxy) is 1. The first-order chi connectivity index (χ1) is 14.1. The van der Waals surface area contributed by atoms with Crippen LogP contribution in [0.15, 0.2) is 48.5 Å². The number of carbonyl (C=O) groups is 2. The lowest BCUT2D eigenvalue weighted by atomic mass is 9.87. The zero-order valence-electron chi connectivity index (χ0n) is 15.5. The van der Waals surface area contributed by atoms with Crippen LogP contribution in [0.3, 0.4) is 0 Å². The van der Waals surface area contributed by atoms with Crippen molar-refractivity contribution in [3.63, 3.8) is 0 Å². The van der Waals surface area contributed by atoms with Gasteiger partial charge in [-0.25, -0.2) is 18.0 Å². The number of halogens is 3. The number of hydrogen-bond donors (Lipinski definition) is 3. The highest BCUT2D eigenvalue weighted by Gasteiger charge is 2.85. The fourth-order valence-electron chi connectivity index (χ4n) is 4.56. The van der Waals surface area contributed by atoms with Crippen molar-refractivity contribution in [3.05, 3.63) is 71.3 Å². The summed E-state index contributed by atoms with van der Waals surface area (Å²) in [6.45, 7) is 0. The van der Waals surface area contributed by atoms with Crippen molar-refractivity contribution in [2.45, 2.75) is 29.8 Å². The Bertz CT molecular complexity index is 953. The van der Waals surface area contributed by atoms with E-state index in [9.17, 15) is 33.0 Å². The van der Waals surface area contributed by atoms with Gasteiger partial charge in [-0.1, -0.05) is 24.3 Å². The molecule has 0 spiro atoms. The van der Waals surface area contributed by atoms with Gasteiger partial charge in [0.15, 0.2) is 0 Å². The minimum atomic E-state index is -2.71. The van der Waals surface area contributed by atoms with Crippen molar-refractivity contribution in [2.75, 3.05) is 0 Å². The van der Waals surface area contributed by atoms with Gasteiger partial charge in [0.05, 0.1) is 6.10 Å². The van der Waals surface area contributed by atoms with E-state index in [1.165, 1.54) is 48.5 Å². The fraction of sp³-hybridized carbons (Fsp3) is 0.333. The first kappa shape index (κ1) is 20.4. The molecule has 3 unspecified atom stereocenters. The van der Waals surface area contributed by atoms with Crippen LogP contribution in [-0.4, -0.2) is 39.5 Å². The summed E-state index contributed by atoms with van der Waals surface area (Å²) in [5.41, 5.74) is 1.96. The van der Waals surface area contributed by atoms with Crippen LogP contribution in [0.2, 0.25) is 0 Å². The molecule has 4 rings (SSSR count). The summed E-state index contributed by atoms with van der Waals surface area (Å²) in [5.74, 6) is -6.85. The Morgan fingerprint density at radius 3 is 1.83 bits per heavy atom. The second kappa shape index (κ2) is 6.82. The molecule has 0 bridgehead atoms. The summed E-state index contributed by atoms with van der Waals surface area (Å²) in [6, 6.07) is 10.4. The van der Waals surface area contributed by atoms with Crippen LogP contribution in [0.5, 0.6) is 0 Å². The van der Waals surface area contributed by atoms with Gasteiger partial charge in [-0.05, 0) is 41.8 Å². The second-order valence-corrected chi connectivity index (χ2v) is 7.74. The standard InChI is InChI=1S/C21H18F3NO5/c22-12-5-1-10(2-6-12)16(11-3-7-13(23)8-4-11)30-15-9-14-17(20(14,24)18(26)27)21(15,25)19(28)29/h1-8,14-17H,9,25H2,(H,26,27)(H,28,29)/t14?,15?,17?,20-,21+/m1/s1. The molecule has 158 valence electrons. The largest absolute Gasteiger partial charge is 0.480 e. The van der Waals surface area contributed by atoms with Gasteiger partial charge in [0, 0.05) is 11.8 Å². The molecule has 6 nitrogen and oxygen atoms in total. The number of fused-ring (bicyclic) bond motifs is 1. The van der Waals surface area contributed by atoms with Crippen LogP contribution in [-0.2, 0) is 14.3 Å². The molecule has 2 aromatic carbocycles. The maximum atomic E-state index is 14.8. The van der Waals surface area contributed by atoms with E-state index in [4.69, 9.17) is 10.5 Å². The number of aliphatic carboxylic acids is 2. The van der Waals surface area contributed by atoms with Crippen molar-refractivity contribution >= 4 is 11.9 Å². The van der Waals surface area contributed by atoms with E-state index in [2.05, 4.69) is 0 Å². The molecule has 0 aliphatic heterocycles. The molecule has 0 aromatic heterocycles. The second-order valence-electron chi connectivity index (χ2n) is 7.74. The Hall–Kier alpha value is -2.91. The molecule has 0 saturated heterocycles. The summed E-state index contributed by atoms with van der Waals surface area (Å²) < 4.78 is 47.5. The quantitative estimate of drug-likeness (QED) is 0.662. The van der Waals surface area contributed by atoms with Crippen molar-refractivity contribution in [1.29, 1.82) is 0 Å². The minimum absolute atomic E-state index is 0.213. The lowest BCUT2D eigenvalue weighted by molar-refractivity contribution is -0.157. The van der Waals surface area contributed by atoms with Crippen molar-refractivity contribution in [1.82, 2.24) is 0 Å². The van der Waals surface area contributed by atoms with Crippen molar-refractivity contribution < 1.29 is 37.7 Å². The van der Waals surface area contributed by atoms with Gasteiger partial charge in [0.1, 0.15) is 23.3 Å². The zero-order chi connectivity index (χ0) is 21.8. The van der Waals surface area contributed by atoms with Gasteiger partial charge in [-0.3, -0.25) is 4.79 Å². The Morgan fingerprint density at radius 2 is 1.43 bits per heavy atom. The smallest absolute Gasteiger partial charge is 0.342 e. The number of carboxylic acids is 2. The predicted octanol–water partition coefficient (Wildman–Crippen LogP) is 2.66. The summed E-state index contributed by atoms with van der Waals surface area (Å²) in [7, 11) is 0. The average molecular weight is 421 g/mol. The topological polar surface area (TPSA) is 110 Å². The Kier molecular flexibility index (Phi) is 4.63. The number of alkyl halides is 1. The van der Waals surface area contributed by atoms with Crippen LogP contribution >= 0.6 is 0 Å². The molecule has 5 atom stereocenters. The van der Waals surface area contributed by atoms with Gasteiger partial charge in [-0.15, -0.1) is 0 Å². The Morgan fingerprint density at radius 1 is 0.967 bits per heavy atom. The summed E-state index contributed by atoms with van der Waals surface area (Å²) in [4.78, 5) is 23.3. The minimum Gasteiger partial charge on any atom is -0.480 e. The van der Waals surface area contributed by atoms with E-state index in [1.807, 2.05) is 0 Å². The van der Waals surface area contributed by atoms with Gasteiger partial charge >= 0.3 is 11.9 Å². The molecular weight excluding hydrogens is 403 g/mol. The monoisotopic (exact) mass is 421 g/mol. The number of carboxylic acid groups (broad SMARTS) is 2. The van der Waals surface area contributed by atoms with Crippen molar-refractivity contribution in [2.24, 2.45) is 17.6 Å². The first-order valence-electron chi connectivity index (χ1n) is 9.21. The predicted molar refractivity (Wildman–Crippen MR) is 97.1 cm³/mol. The highest BCUT2D eigenvalue weighted by molar-refractivity contribution is 5.90. The van der Waals surface area contributed by atoms with Gasteiger partial charge < -0.3 is 20.7 Å². The van der Waals surface area contributed by atoms with E-state index in [0.717, 1.165) is 0 Å². The van der Waals surface area contributed by atoms with Crippen LogP contribution in [0.4, 0.5) is 13.2 Å². The normalized spacial score (nSPS) is 32.1. The van der Waals surface area contributed by atoms with Gasteiger partial charge in [0.25, 0.3) is 0 Å².